The van der Waals surface area contributed by atoms with Crippen molar-refractivity contribution in [3.63, 3.8) is 0 Å². The first-order valence-electron chi connectivity index (χ1n) is 9.55. The lowest BCUT2D eigenvalue weighted by Gasteiger charge is -2.31. The third kappa shape index (κ3) is 4.35. The Morgan fingerprint density at radius 3 is 2.56 bits per heavy atom. The molecule has 2 aromatic rings. The van der Waals surface area contributed by atoms with Crippen LogP contribution in [0, 0.1) is 12.8 Å². The van der Waals surface area contributed by atoms with Crippen molar-refractivity contribution < 1.29 is 9.53 Å². The van der Waals surface area contributed by atoms with Crippen LogP contribution in [0.2, 0.25) is 0 Å². The highest BCUT2D eigenvalue weighted by molar-refractivity contribution is 8.00. The van der Waals surface area contributed by atoms with Gasteiger partial charge in [0.2, 0.25) is 5.91 Å². The predicted octanol–water partition coefficient (Wildman–Crippen LogP) is 3.25. The first kappa shape index (κ1) is 19.9. The molecule has 1 aliphatic heterocycles. The number of carbonyl (C=O) groups is 1. The maximum absolute atomic E-state index is 13.1. The molecule has 0 bridgehead atoms. The van der Waals surface area contributed by atoms with Crippen molar-refractivity contribution in [3.8, 4) is 11.4 Å². The summed E-state index contributed by atoms with van der Waals surface area (Å²) < 4.78 is 7.49. The molecular weight excluding hydrogens is 360 g/mol. The first-order valence-corrected chi connectivity index (χ1v) is 10.4. The predicted molar refractivity (Wildman–Crippen MR) is 108 cm³/mol. The van der Waals surface area contributed by atoms with Crippen LogP contribution in [-0.4, -0.2) is 57.1 Å². The minimum absolute atomic E-state index is 0.168. The number of ether oxygens (including phenoxy) is 1. The average Bonchev–Trinajstić information content (AvgIpc) is 3.08. The Hall–Kier alpha value is -1.86. The maximum atomic E-state index is 13.1. The van der Waals surface area contributed by atoms with Crippen LogP contribution >= 0.6 is 11.8 Å². The number of aromatic nitrogens is 3. The fraction of sp³-hybridized carbons (Fsp3) is 0.550. The number of amides is 1. The van der Waals surface area contributed by atoms with Crippen LogP contribution in [0.3, 0.4) is 0 Å². The number of carbonyl (C=O) groups excluding carboxylic acids is 1. The van der Waals surface area contributed by atoms with E-state index in [1.54, 1.807) is 0 Å². The molecule has 1 aromatic heterocycles. The molecule has 1 unspecified atom stereocenters. The molecule has 1 aromatic carbocycles. The van der Waals surface area contributed by atoms with Gasteiger partial charge in [-0.15, -0.1) is 10.2 Å². The number of benzene rings is 1. The lowest BCUT2D eigenvalue weighted by atomic mass is 10.1. The number of aryl methyl sites for hydroxylation is 1. The Bertz CT molecular complexity index is 784. The van der Waals surface area contributed by atoms with Crippen molar-refractivity contribution in [2.24, 2.45) is 5.92 Å². The van der Waals surface area contributed by atoms with Gasteiger partial charge in [0.15, 0.2) is 11.0 Å². The molecule has 1 atom stereocenters. The smallest absolute Gasteiger partial charge is 0.236 e. The standard InChI is InChI=1S/C20H28N4O2S/c1-5-24-18(16-9-7-6-8-15(16)4)21-22-20(24)27-17(14(2)3)19(25)23-10-12-26-13-11-23/h6-9,14,17H,5,10-13H2,1-4H3. The molecule has 0 radical (unpaired) electrons. The van der Waals surface area contributed by atoms with E-state index in [1.165, 1.54) is 17.3 Å². The van der Waals surface area contributed by atoms with Gasteiger partial charge < -0.3 is 14.2 Å². The summed E-state index contributed by atoms with van der Waals surface area (Å²) in [5.41, 5.74) is 2.25. The topological polar surface area (TPSA) is 60.2 Å². The molecule has 1 fully saturated rings. The number of thioether (sulfide) groups is 1. The summed E-state index contributed by atoms with van der Waals surface area (Å²) in [7, 11) is 0. The van der Waals surface area contributed by atoms with Gasteiger partial charge >= 0.3 is 0 Å². The second-order valence-corrected chi connectivity index (χ2v) is 8.19. The van der Waals surface area contributed by atoms with E-state index < -0.39 is 0 Å². The number of hydrogen-bond acceptors (Lipinski definition) is 5. The number of nitrogens with zero attached hydrogens (tertiary/aromatic N) is 4. The monoisotopic (exact) mass is 388 g/mol. The Morgan fingerprint density at radius 2 is 1.93 bits per heavy atom. The molecule has 1 saturated heterocycles. The molecule has 2 heterocycles. The lowest BCUT2D eigenvalue weighted by Crippen LogP contribution is -2.46. The molecule has 3 rings (SSSR count). The van der Waals surface area contributed by atoms with Gasteiger partial charge in [0.25, 0.3) is 0 Å². The summed E-state index contributed by atoms with van der Waals surface area (Å²) in [5.74, 6) is 1.23. The molecule has 0 N–H and O–H groups in total. The fourth-order valence-corrected chi connectivity index (χ4v) is 4.41. The highest BCUT2D eigenvalue weighted by Crippen LogP contribution is 2.32. The van der Waals surface area contributed by atoms with Crippen molar-refractivity contribution in [1.29, 1.82) is 0 Å². The molecule has 7 heteroatoms. The molecule has 6 nitrogen and oxygen atoms in total. The zero-order valence-electron chi connectivity index (χ0n) is 16.5. The minimum atomic E-state index is -0.178. The molecular formula is C20H28N4O2S. The Labute approximate surface area is 165 Å². The minimum Gasteiger partial charge on any atom is -0.378 e. The van der Waals surface area contributed by atoms with Crippen LogP contribution in [-0.2, 0) is 16.1 Å². The van der Waals surface area contributed by atoms with Crippen molar-refractivity contribution in [2.45, 2.75) is 44.6 Å². The summed E-state index contributed by atoms with van der Waals surface area (Å²) in [6.45, 7) is 11.7. The van der Waals surface area contributed by atoms with Crippen LogP contribution in [0.25, 0.3) is 11.4 Å². The fourth-order valence-electron chi connectivity index (χ4n) is 3.23. The van der Waals surface area contributed by atoms with E-state index in [1.807, 2.05) is 17.0 Å². The molecule has 0 saturated carbocycles. The van der Waals surface area contributed by atoms with Gasteiger partial charge in [-0.1, -0.05) is 49.9 Å². The van der Waals surface area contributed by atoms with E-state index >= 15 is 0 Å². The van der Waals surface area contributed by atoms with Crippen molar-refractivity contribution in [1.82, 2.24) is 19.7 Å². The van der Waals surface area contributed by atoms with Crippen LogP contribution in [0.15, 0.2) is 29.4 Å². The second-order valence-electron chi connectivity index (χ2n) is 7.09. The van der Waals surface area contributed by atoms with E-state index in [0.717, 1.165) is 23.1 Å². The molecule has 1 amide bonds. The third-order valence-electron chi connectivity index (χ3n) is 4.82. The highest BCUT2D eigenvalue weighted by atomic mass is 32.2. The third-order valence-corrected chi connectivity index (χ3v) is 6.34. The summed E-state index contributed by atoms with van der Waals surface area (Å²) >= 11 is 1.53. The quantitative estimate of drug-likeness (QED) is 0.711. The van der Waals surface area contributed by atoms with E-state index in [9.17, 15) is 4.79 Å². The van der Waals surface area contributed by atoms with Crippen molar-refractivity contribution in [2.75, 3.05) is 26.3 Å². The Morgan fingerprint density at radius 1 is 1.22 bits per heavy atom. The van der Waals surface area contributed by atoms with Gasteiger partial charge in [0, 0.05) is 25.2 Å². The number of morpholine rings is 1. The Balaban J connectivity index is 1.86. The van der Waals surface area contributed by atoms with Gasteiger partial charge in [-0.2, -0.15) is 0 Å². The van der Waals surface area contributed by atoms with E-state index in [-0.39, 0.29) is 17.1 Å². The van der Waals surface area contributed by atoms with Gasteiger partial charge in [0.1, 0.15) is 0 Å². The second kappa shape index (κ2) is 8.89. The van der Waals surface area contributed by atoms with Gasteiger partial charge in [-0.3, -0.25) is 4.79 Å². The van der Waals surface area contributed by atoms with Crippen LogP contribution in [0.4, 0.5) is 0 Å². The molecule has 27 heavy (non-hydrogen) atoms. The zero-order chi connectivity index (χ0) is 19.4. The zero-order valence-corrected chi connectivity index (χ0v) is 17.3. The van der Waals surface area contributed by atoms with Gasteiger partial charge in [-0.25, -0.2) is 0 Å². The molecule has 0 spiro atoms. The SMILES string of the molecule is CCn1c(SC(C(=O)N2CCOCC2)C(C)C)nnc1-c1ccccc1C. The summed E-state index contributed by atoms with van der Waals surface area (Å²) in [6, 6.07) is 8.19. The van der Waals surface area contributed by atoms with Gasteiger partial charge in [0.05, 0.1) is 18.5 Å². The van der Waals surface area contributed by atoms with Crippen LogP contribution in [0.5, 0.6) is 0 Å². The van der Waals surface area contributed by atoms with Gasteiger partial charge in [-0.05, 0) is 25.3 Å². The number of rotatable bonds is 6. The number of hydrogen-bond donors (Lipinski definition) is 0. The van der Waals surface area contributed by atoms with Crippen molar-refractivity contribution >= 4 is 17.7 Å². The average molecular weight is 389 g/mol. The van der Waals surface area contributed by atoms with E-state index in [2.05, 4.69) is 54.6 Å². The maximum Gasteiger partial charge on any atom is 0.236 e. The highest BCUT2D eigenvalue weighted by Gasteiger charge is 2.31. The molecule has 1 aliphatic rings. The largest absolute Gasteiger partial charge is 0.378 e. The summed E-state index contributed by atoms with van der Waals surface area (Å²) in [5, 5.41) is 9.51. The first-order chi connectivity index (χ1) is 13.0. The van der Waals surface area contributed by atoms with Crippen molar-refractivity contribution in [3.05, 3.63) is 29.8 Å². The Kier molecular flexibility index (Phi) is 6.55. The normalized spacial score (nSPS) is 16.0. The van der Waals surface area contributed by atoms with E-state index in [4.69, 9.17) is 4.74 Å². The van der Waals surface area contributed by atoms with E-state index in [0.29, 0.717) is 26.3 Å². The summed E-state index contributed by atoms with van der Waals surface area (Å²) in [4.78, 5) is 15.0. The molecule has 146 valence electrons. The molecule has 0 aliphatic carbocycles. The van der Waals surface area contributed by atoms with Crippen LogP contribution < -0.4 is 0 Å². The lowest BCUT2D eigenvalue weighted by molar-refractivity contribution is -0.135. The van der Waals surface area contributed by atoms with Crippen LogP contribution in [0.1, 0.15) is 26.3 Å². The summed E-state index contributed by atoms with van der Waals surface area (Å²) in [6.07, 6.45) is 0.